The standard InChI is InChI=1S/C17H21F3N2O5/c1-25-8-9-26-16(24)15(23)22-12-3-5-13(6-4-12)27-14-7-2-11(10-21-14)17(18,19)20/h2,7,10,12-13H,3-6,8-9H2,1H3,(H,22,23)/t12-,13-. The molecular formula is C17H21F3N2O5. The van der Waals surface area contributed by atoms with Gasteiger partial charge in [0.15, 0.2) is 0 Å². The van der Waals surface area contributed by atoms with E-state index < -0.39 is 23.6 Å². The normalized spacial score (nSPS) is 20.0. The summed E-state index contributed by atoms with van der Waals surface area (Å²) in [6, 6.07) is 1.92. The molecule has 0 radical (unpaired) electrons. The van der Waals surface area contributed by atoms with Crippen LogP contribution in [-0.4, -0.2) is 49.3 Å². The molecular weight excluding hydrogens is 369 g/mol. The van der Waals surface area contributed by atoms with Gasteiger partial charge in [0.25, 0.3) is 0 Å². The average Bonchev–Trinajstić information content (AvgIpc) is 2.63. The van der Waals surface area contributed by atoms with Crippen LogP contribution >= 0.6 is 0 Å². The number of hydrogen-bond acceptors (Lipinski definition) is 6. The molecule has 27 heavy (non-hydrogen) atoms. The van der Waals surface area contributed by atoms with Gasteiger partial charge in [-0.05, 0) is 31.7 Å². The Morgan fingerprint density at radius 2 is 1.89 bits per heavy atom. The van der Waals surface area contributed by atoms with E-state index in [0.29, 0.717) is 25.7 Å². The second-order valence-electron chi connectivity index (χ2n) is 6.08. The van der Waals surface area contributed by atoms with Gasteiger partial charge in [-0.15, -0.1) is 0 Å². The molecule has 1 aliphatic carbocycles. The Morgan fingerprint density at radius 1 is 1.19 bits per heavy atom. The fourth-order valence-corrected chi connectivity index (χ4v) is 2.64. The minimum atomic E-state index is -4.44. The van der Waals surface area contributed by atoms with Crippen LogP contribution in [0.3, 0.4) is 0 Å². The second-order valence-corrected chi connectivity index (χ2v) is 6.08. The van der Waals surface area contributed by atoms with Crippen molar-refractivity contribution in [3.63, 3.8) is 0 Å². The monoisotopic (exact) mass is 390 g/mol. The van der Waals surface area contributed by atoms with Crippen LogP contribution in [0.15, 0.2) is 18.3 Å². The van der Waals surface area contributed by atoms with Crippen LogP contribution in [0.4, 0.5) is 13.2 Å². The SMILES string of the molecule is COCCOC(=O)C(=O)N[C@H]1CC[C@H](Oc2ccc(C(F)(F)F)cn2)CC1. The number of aromatic nitrogens is 1. The first-order valence-corrected chi connectivity index (χ1v) is 8.46. The smallest absolute Gasteiger partial charge is 0.417 e. The van der Waals surface area contributed by atoms with Gasteiger partial charge in [0, 0.05) is 25.4 Å². The van der Waals surface area contributed by atoms with Crippen LogP contribution in [0.25, 0.3) is 0 Å². The minimum Gasteiger partial charge on any atom is -0.474 e. The number of methoxy groups -OCH3 is 1. The van der Waals surface area contributed by atoms with E-state index in [9.17, 15) is 22.8 Å². The highest BCUT2D eigenvalue weighted by Gasteiger charge is 2.31. The predicted molar refractivity (Wildman–Crippen MR) is 86.9 cm³/mol. The van der Waals surface area contributed by atoms with Gasteiger partial charge in [-0.25, -0.2) is 9.78 Å². The summed E-state index contributed by atoms with van der Waals surface area (Å²) in [5.41, 5.74) is -0.835. The summed E-state index contributed by atoms with van der Waals surface area (Å²) in [5.74, 6) is -1.64. The van der Waals surface area contributed by atoms with Crippen molar-refractivity contribution < 1.29 is 37.0 Å². The van der Waals surface area contributed by atoms with Crippen molar-refractivity contribution in [2.24, 2.45) is 0 Å². The summed E-state index contributed by atoms with van der Waals surface area (Å²) >= 11 is 0. The van der Waals surface area contributed by atoms with Crippen LogP contribution in [-0.2, 0) is 25.2 Å². The molecule has 150 valence electrons. The van der Waals surface area contributed by atoms with Gasteiger partial charge in [-0.3, -0.25) is 4.79 Å². The van der Waals surface area contributed by atoms with Crippen molar-refractivity contribution in [3.05, 3.63) is 23.9 Å². The van der Waals surface area contributed by atoms with E-state index in [0.717, 1.165) is 12.3 Å². The highest BCUT2D eigenvalue weighted by Crippen LogP contribution is 2.30. The van der Waals surface area contributed by atoms with Crippen LogP contribution < -0.4 is 10.1 Å². The van der Waals surface area contributed by atoms with E-state index in [1.165, 1.54) is 13.2 Å². The molecule has 1 aliphatic rings. The molecule has 7 nitrogen and oxygen atoms in total. The van der Waals surface area contributed by atoms with Gasteiger partial charge in [-0.2, -0.15) is 13.2 Å². The lowest BCUT2D eigenvalue weighted by molar-refractivity contribution is -0.156. The first-order valence-electron chi connectivity index (χ1n) is 8.46. The summed E-state index contributed by atoms with van der Waals surface area (Å²) < 4.78 is 52.6. The molecule has 1 aromatic rings. The number of carbonyl (C=O) groups is 2. The van der Waals surface area contributed by atoms with Crippen LogP contribution in [0.2, 0.25) is 0 Å². The average molecular weight is 390 g/mol. The maximum absolute atomic E-state index is 12.5. The van der Waals surface area contributed by atoms with Gasteiger partial charge in [0.1, 0.15) is 12.7 Å². The molecule has 0 unspecified atom stereocenters. The van der Waals surface area contributed by atoms with Crippen LogP contribution in [0.1, 0.15) is 31.2 Å². The fraction of sp³-hybridized carbons (Fsp3) is 0.588. The molecule has 1 heterocycles. The molecule has 1 amide bonds. The molecule has 0 saturated heterocycles. The van der Waals surface area contributed by atoms with Gasteiger partial charge >= 0.3 is 18.1 Å². The largest absolute Gasteiger partial charge is 0.474 e. The van der Waals surface area contributed by atoms with E-state index in [4.69, 9.17) is 14.2 Å². The number of esters is 1. The molecule has 2 rings (SSSR count). The molecule has 0 aromatic carbocycles. The first-order chi connectivity index (χ1) is 12.8. The minimum absolute atomic E-state index is 0.00344. The molecule has 0 bridgehead atoms. The number of pyridine rings is 1. The van der Waals surface area contributed by atoms with Gasteiger partial charge in [0.2, 0.25) is 5.88 Å². The maximum Gasteiger partial charge on any atom is 0.417 e. The zero-order valence-corrected chi connectivity index (χ0v) is 14.8. The van der Waals surface area contributed by atoms with E-state index in [2.05, 4.69) is 10.3 Å². The lowest BCUT2D eigenvalue weighted by Gasteiger charge is -2.28. The van der Waals surface area contributed by atoms with Crippen molar-refractivity contribution in [1.29, 1.82) is 0 Å². The van der Waals surface area contributed by atoms with Crippen molar-refractivity contribution in [3.8, 4) is 5.88 Å². The van der Waals surface area contributed by atoms with Crippen molar-refractivity contribution >= 4 is 11.9 Å². The number of ether oxygens (including phenoxy) is 3. The van der Waals surface area contributed by atoms with Crippen molar-refractivity contribution in [2.75, 3.05) is 20.3 Å². The number of alkyl halides is 3. The van der Waals surface area contributed by atoms with E-state index in [1.54, 1.807) is 0 Å². The Hall–Kier alpha value is -2.36. The zero-order valence-electron chi connectivity index (χ0n) is 14.8. The highest BCUT2D eigenvalue weighted by atomic mass is 19.4. The quantitative estimate of drug-likeness (QED) is 0.455. The Labute approximate surface area is 154 Å². The number of amides is 1. The van der Waals surface area contributed by atoms with Gasteiger partial charge in [-0.1, -0.05) is 0 Å². The summed E-state index contributed by atoms with van der Waals surface area (Å²) in [4.78, 5) is 26.9. The van der Waals surface area contributed by atoms with E-state index in [1.807, 2.05) is 0 Å². The maximum atomic E-state index is 12.5. The molecule has 1 aromatic heterocycles. The fourth-order valence-electron chi connectivity index (χ4n) is 2.64. The third-order valence-electron chi connectivity index (χ3n) is 4.07. The Bertz CT molecular complexity index is 628. The summed E-state index contributed by atoms with van der Waals surface area (Å²) in [6.45, 7) is 0.211. The summed E-state index contributed by atoms with van der Waals surface area (Å²) in [7, 11) is 1.45. The van der Waals surface area contributed by atoms with Gasteiger partial charge < -0.3 is 19.5 Å². The first kappa shape index (κ1) is 20.9. The van der Waals surface area contributed by atoms with Crippen LogP contribution in [0.5, 0.6) is 5.88 Å². The highest BCUT2D eigenvalue weighted by molar-refractivity contribution is 6.32. The third kappa shape index (κ3) is 6.70. The van der Waals surface area contributed by atoms with E-state index in [-0.39, 0.29) is 31.2 Å². The Balaban J connectivity index is 1.73. The molecule has 1 N–H and O–H groups in total. The molecule has 10 heteroatoms. The molecule has 1 saturated carbocycles. The lowest BCUT2D eigenvalue weighted by Crippen LogP contribution is -2.43. The number of nitrogens with one attached hydrogen (secondary N) is 1. The topological polar surface area (TPSA) is 86.8 Å². The number of halogens is 3. The number of hydrogen-bond donors (Lipinski definition) is 1. The number of nitrogens with zero attached hydrogens (tertiary/aromatic N) is 1. The molecule has 0 aliphatic heterocycles. The second kappa shape index (κ2) is 9.54. The Kier molecular flexibility index (Phi) is 7.40. The zero-order chi connectivity index (χ0) is 19.9. The van der Waals surface area contributed by atoms with Gasteiger partial charge in [0.05, 0.1) is 12.2 Å². The number of carbonyl (C=O) groups excluding carboxylic acids is 2. The molecule has 0 atom stereocenters. The molecule has 0 spiro atoms. The third-order valence-corrected chi connectivity index (χ3v) is 4.07. The Morgan fingerprint density at radius 3 is 2.44 bits per heavy atom. The molecule has 1 fully saturated rings. The van der Waals surface area contributed by atoms with Crippen molar-refractivity contribution in [1.82, 2.24) is 10.3 Å². The predicted octanol–water partition coefficient (Wildman–Crippen LogP) is 2.10. The van der Waals surface area contributed by atoms with Crippen LogP contribution in [0, 0.1) is 0 Å². The van der Waals surface area contributed by atoms with Crippen molar-refractivity contribution in [2.45, 2.75) is 44.0 Å². The summed E-state index contributed by atoms with van der Waals surface area (Å²) in [5, 5.41) is 2.60. The van der Waals surface area contributed by atoms with E-state index >= 15 is 0 Å². The lowest BCUT2D eigenvalue weighted by atomic mass is 9.93. The number of rotatable bonds is 6. The summed E-state index contributed by atoms with van der Waals surface area (Å²) in [6.07, 6.45) is -1.62.